The van der Waals surface area contributed by atoms with Crippen LogP contribution in [0.25, 0.3) is 0 Å². The van der Waals surface area contributed by atoms with Gasteiger partial charge < -0.3 is 5.73 Å². The number of benzene rings is 1. The van der Waals surface area contributed by atoms with Crippen LogP contribution < -0.4 is 5.73 Å². The summed E-state index contributed by atoms with van der Waals surface area (Å²) in [4.78, 5) is 1.71. The van der Waals surface area contributed by atoms with Crippen LogP contribution in [0.4, 0.5) is 18.9 Å². The first-order chi connectivity index (χ1) is 8.75. The Balaban J connectivity index is 2.99. The van der Waals surface area contributed by atoms with Crippen molar-refractivity contribution < 1.29 is 13.2 Å². The number of nitrogens with zero attached hydrogens (tertiary/aromatic N) is 2. The van der Waals surface area contributed by atoms with E-state index in [2.05, 4.69) is 0 Å². The van der Waals surface area contributed by atoms with Gasteiger partial charge in [0.05, 0.1) is 18.1 Å². The Kier molecular flexibility index (Phi) is 4.78. The average molecular weight is 271 g/mol. The highest BCUT2D eigenvalue weighted by atomic mass is 19.4. The zero-order chi connectivity index (χ0) is 14.6. The number of nitriles is 1. The van der Waals surface area contributed by atoms with Crippen molar-refractivity contribution >= 4 is 5.69 Å². The molecule has 1 aromatic rings. The third-order valence-corrected chi connectivity index (χ3v) is 3.00. The quantitative estimate of drug-likeness (QED) is 0.856. The van der Waals surface area contributed by atoms with Gasteiger partial charge in [-0.15, -0.1) is 0 Å². The second-order valence-electron chi connectivity index (χ2n) is 4.54. The zero-order valence-corrected chi connectivity index (χ0v) is 10.8. The van der Waals surface area contributed by atoms with E-state index in [-0.39, 0.29) is 30.3 Å². The average Bonchev–Trinajstić information content (AvgIpc) is 2.30. The Bertz CT molecular complexity index is 477. The lowest BCUT2D eigenvalue weighted by Gasteiger charge is -2.24. The van der Waals surface area contributed by atoms with Crippen molar-refractivity contribution in [2.75, 3.05) is 12.8 Å². The molecule has 0 radical (unpaired) electrons. The summed E-state index contributed by atoms with van der Waals surface area (Å²) < 4.78 is 38.7. The highest BCUT2D eigenvalue weighted by Gasteiger charge is 2.33. The lowest BCUT2D eigenvalue weighted by Crippen LogP contribution is -2.29. The highest BCUT2D eigenvalue weighted by molar-refractivity contribution is 5.46. The standard InChI is InChI=1S/C13H16F3N3/c1-9(5-6-17)19(2)8-10-3-4-11(18)7-12(10)13(14,15)16/h3-4,7,9H,5,8,18H2,1-2H3. The summed E-state index contributed by atoms with van der Waals surface area (Å²) in [6.07, 6.45) is -4.16. The van der Waals surface area contributed by atoms with Gasteiger partial charge in [0.15, 0.2) is 0 Å². The van der Waals surface area contributed by atoms with Gasteiger partial charge in [0.2, 0.25) is 0 Å². The molecule has 2 N–H and O–H groups in total. The summed E-state index contributed by atoms with van der Waals surface area (Å²) in [5.74, 6) is 0. The molecule has 0 bridgehead atoms. The minimum Gasteiger partial charge on any atom is -0.399 e. The maximum absolute atomic E-state index is 12.9. The molecule has 0 aromatic heterocycles. The van der Waals surface area contributed by atoms with Crippen LogP contribution >= 0.6 is 0 Å². The van der Waals surface area contributed by atoms with E-state index in [1.807, 2.05) is 6.07 Å². The third kappa shape index (κ3) is 4.14. The predicted octanol–water partition coefficient (Wildman–Crippen LogP) is 3.02. The van der Waals surface area contributed by atoms with Crippen molar-refractivity contribution in [1.82, 2.24) is 4.90 Å². The van der Waals surface area contributed by atoms with Crippen molar-refractivity contribution in [1.29, 1.82) is 5.26 Å². The first-order valence-electron chi connectivity index (χ1n) is 5.78. The summed E-state index contributed by atoms with van der Waals surface area (Å²) in [6, 6.07) is 5.67. The molecule has 0 heterocycles. The first-order valence-corrected chi connectivity index (χ1v) is 5.78. The van der Waals surface area contributed by atoms with E-state index < -0.39 is 11.7 Å². The second kappa shape index (κ2) is 5.93. The Hall–Kier alpha value is -1.74. The molecule has 0 fully saturated rings. The summed E-state index contributed by atoms with van der Waals surface area (Å²) >= 11 is 0. The fourth-order valence-electron chi connectivity index (χ4n) is 1.71. The van der Waals surface area contributed by atoms with Crippen LogP contribution in [0.2, 0.25) is 0 Å². The molecule has 1 unspecified atom stereocenters. The lowest BCUT2D eigenvalue weighted by atomic mass is 10.0. The second-order valence-corrected chi connectivity index (χ2v) is 4.54. The Morgan fingerprint density at radius 2 is 2.05 bits per heavy atom. The van der Waals surface area contributed by atoms with Crippen molar-refractivity contribution in [3.05, 3.63) is 29.3 Å². The minimum atomic E-state index is -4.43. The molecule has 19 heavy (non-hydrogen) atoms. The molecular weight excluding hydrogens is 255 g/mol. The van der Waals surface area contributed by atoms with Crippen LogP contribution in [0, 0.1) is 11.3 Å². The van der Waals surface area contributed by atoms with Gasteiger partial charge in [-0.3, -0.25) is 4.90 Å². The fraction of sp³-hybridized carbons (Fsp3) is 0.462. The summed E-state index contributed by atoms with van der Waals surface area (Å²) in [5, 5.41) is 8.60. The molecule has 104 valence electrons. The van der Waals surface area contributed by atoms with Crippen molar-refractivity contribution in [3.63, 3.8) is 0 Å². The van der Waals surface area contributed by atoms with Crippen molar-refractivity contribution in [2.45, 2.75) is 32.1 Å². The molecule has 1 atom stereocenters. The summed E-state index contributed by atoms with van der Waals surface area (Å²) in [6.45, 7) is 1.92. The SMILES string of the molecule is CC(CC#N)N(C)Cc1ccc(N)cc1C(F)(F)F. The van der Waals surface area contributed by atoms with E-state index in [4.69, 9.17) is 11.0 Å². The van der Waals surface area contributed by atoms with Crippen molar-refractivity contribution in [3.8, 4) is 6.07 Å². The highest BCUT2D eigenvalue weighted by Crippen LogP contribution is 2.33. The number of hydrogen-bond donors (Lipinski definition) is 1. The Labute approximate surface area is 110 Å². The maximum Gasteiger partial charge on any atom is 0.416 e. The van der Waals surface area contributed by atoms with Crippen LogP contribution in [0.5, 0.6) is 0 Å². The van der Waals surface area contributed by atoms with Gasteiger partial charge >= 0.3 is 6.18 Å². The normalized spacial score (nSPS) is 13.3. The molecule has 0 amide bonds. The number of alkyl halides is 3. The Morgan fingerprint density at radius 3 is 2.58 bits per heavy atom. The van der Waals surface area contributed by atoms with Crippen LogP contribution in [0.3, 0.4) is 0 Å². The zero-order valence-electron chi connectivity index (χ0n) is 10.8. The maximum atomic E-state index is 12.9. The molecule has 6 heteroatoms. The molecule has 0 aliphatic rings. The molecule has 0 saturated heterocycles. The fourth-order valence-corrected chi connectivity index (χ4v) is 1.71. The van der Waals surface area contributed by atoms with Gasteiger partial charge in [-0.05, 0) is 31.7 Å². The monoisotopic (exact) mass is 271 g/mol. The number of rotatable bonds is 4. The summed E-state index contributed by atoms with van der Waals surface area (Å²) in [7, 11) is 1.69. The van der Waals surface area contributed by atoms with Gasteiger partial charge in [0.25, 0.3) is 0 Å². The molecule has 3 nitrogen and oxygen atoms in total. The smallest absolute Gasteiger partial charge is 0.399 e. The molecule has 1 aromatic carbocycles. The van der Waals surface area contributed by atoms with Gasteiger partial charge in [0.1, 0.15) is 0 Å². The van der Waals surface area contributed by atoms with Gasteiger partial charge in [0, 0.05) is 18.3 Å². The number of nitrogens with two attached hydrogens (primary N) is 1. The molecule has 1 rings (SSSR count). The molecular formula is C13H16F3N3. The van der Waals surface area contributed by atoms with Crippen LogP contribution in [0.1, 0.15) is 24.5 Å². The number of halogens is 3. The minimum absolute atomic E-state index is 0.0869. The van der Waals surface area contributed by atoms with Crippen LogP contribution in [0.15, 0.2) is 18.2 Å². The first kappa shape index (κ1) is 15.3. The molecule has 0 saturated carbocycles. The summed E-state index contributed by atoms with van der Waals surface area (Å²) in [5.41, 5.74) is 4.93. The van der Waals surface area contributed by atoms with Gasteiger partial charge in [-0.1, -0.05) is 6.07 Å². The van der Waals surface area contributed by atoms with E-state index in [0.29, 0.717) is 0 Å². The largest absolute Gasteiger partial charge is 0.416 e. The number of anilines is 1. The van der Waals surface area contributed by atoms with E-state index in [1.165, 1.54) is 12.1 Å². The lowest BCUT2D eigenvalue weighted by molar-refractivity contribution is -0.138. The van der Waals surface area contributed by atoms with Crippen LogP contribution in [-0.2, 0) is 12.7 Å². The van der Waals surface area contributed by atoms with E-state index in [9.17, 15) is 13.2 Å². The third-order valence-electron chi connectivity index (χ3n) is 3.00. The molecule has 0 aliphatic heterocycles. The molecule has 0 aliphatic carbocycles. The van der Waals surface area contributed by atoms with Crippen molar-refractivity contribution in [2.24, 2.45) is 0 Å². The Morgan fingerprint density at radius 1 is 1.42 bits per heavy atom. The number of nitrogen functional groups attached to an aromatic ring is 1. The topological polar surface area (TPSA) is 53.0 Å². The molecule has 0 spiro atoms. The predicted molar refractivity (Wildman–Crippen MR) is 67.0 cm³/mol. The number of hydrogen-bond acceptors (Lipinski definition) is 3. The van der Waals surface area contributed by atoms with E-state index in [0.717, 1.165) is 6.07 Å². The van der Waals surface area contributed by atoms with E-state index in [1.54, 1.807) is 18.9 Å². The van der Waals surface area contributed by atoms with Gasteiger partial charge in [-0.25, -0.2) is 0 Å². The van der Waals surface area contributed by atoms with Crippen LogP contribution in [-0.4, -0.2) is 18.0 Å². The van der Waals surface area contributed by atoms with Gasteiger partial charge in [-0.2, -0.15) is 18.4 Å². The van der Waals surface area contributed by atoms with E-state index >= 15 is 0 Å².